The lowest BCUT2D eigenvalue weighted by atomic mass is 9.93. The van der Waals surface area contributed by atoms with Gasteiger partial charge in [-0.25, -0.2) is 8.78 Å². The summed E-state index contributed by atoms with van der Waals surface area (Å²) >= 11 is 6.11. The van der Waals surface area contributed by atoms with Gasteiger partial charge < -0.3 is 15.2 Å². The van der Waals surface area contributed by atoms with Gasteiger partial charge in [-0.1, -0.05) is 29.8 Å². The number of benzene rings is 1. The molecule has 1 amide bonds. The van der Waals surface area contributed by atoms with E-state index in [0.29, 0.717) is 11.6 Å². The van der Waals surface area contributed by atoms with Crippen LogP contribution in [-0.4, -0.2) is 29.5 Å². The fourth-order valence-electron chi connectivity index (χ4n) is 2.93. The van der Waals surface area contributed by atoms with Gasteiger partial charge >= 0.3 is 0 Å². The minimum atomic E-state index is -3.10. The highest BCUT2D eigenvalue weighted by Gasteiger charge is 2.45. The van der Waals surface area contributed by atoms with Gasteiger partial charge in [-0.2, -0.15) is 0 Å². The van der Waals surface area contributed by atoms with Crippen LogP contribution in [0.3, 0.4) is 0 Å². The highest BCUT2D eigenvalue weighted by Crippen LogP contribution is 2.30. The first kappa shape index (κ1) is 18.5. The number of carbonyl (C=O) groups is 1. The molecule has 1 atom stereocenters. The normalized spacial score (nSPS) is 19.1. The maximum atomic E-state index is 13.9. The standard InChI is InChI=1S/C18H18ClF2N3O2/c19-15-4-2-1-3-12(15)9-24-10-13(5-6-16(24)25)23-17(26)14-7-8-22-11-18(14,20)21/h1-6,10,14,22H,7-9,11H2,(H,23,26). The number of carbonyl (C=O) groups excluding carboxylic acids is 1. The van der Waals surface area contributed by atoms with Crippen molar-refractivity contribution in [2.24, 2.45) is 5.92 Å². The van der Waals surface area contributed by atoms with Gasteiger partial charge in [0.15, 0.2) is 0 Å². The molecular formula is C18H18ClF2N3O2. The van der Waals surface area contributed by atoms with Gasteiger partial charge in [0.25, 0.3) is 11.5 Å². The summed E-state index contributed by atoms with van der Waals surface area (Å²) in [6.45, 7) is 0.0580. The third-order valence-corrected chi connectivity index (χ3v) is 4.72. The van der Waals surface area contributed by atoms with Crippen molar-refractivity contribution in [2.75, 3.05) is 18.4 Å². The van der Waals surface area contributed by atoms with Gasteiger partial charge in [0.2, 0.25) is 5.91 Å². The smallest absolute Gasteiger partial charge is 0.271 e. The number of alkyl halides is 2. The number of nitrogens with zero attached hydrogens (tertiary/aromatic N) is 1. The minimum Gasteiger partial charge on any atom is -0.324 e. The number of amides is 1. The average Bonchev–Trinajstić information content (AvgIpc) is 2.59. The second-order valence-electron chi connectivity index (χ2n) is 6.24. The Morgan fingerprint density at radius 1 is 1.31 bits per heavy atom. The first-order chi connectivity index (χ1) is 12.4. The minimum absolute atomic E-state index is 0.0537. The molecule has 1 aromatic carbocycles. The largest absolute Gasteiger partial charge is 0.324 e. The van der Waals surface area contributed by atoms with Crippen LogP contribution < -0.4 is 16.2 Å². The molecule has 1 aliphatic rings. The number of anilines is 1. The second-order valence-corrected chi connectivity index (χ2v) is 6.65. The molecule has 1 aliphatic heterocycles. The molecule has 1 saturated heterocycles. The van der Waals surface area contributed by atoms with Crippen LogP contribution in [0.2, 0.25) is 5.02 Å². The molecule has 8 heteroatoms. The Bertz CT molecular complexity index is 870. The van der Waals surface area contributed by atoms with Gasteiger partial charge in [0.1, 0.15) is 5.92 Å². The lowest BCUT2D eigenvalue weighted by molar-refractivity contribution is -0.137. The number of aromatic nitrogens is 1. The van der Waals surface area contributed by atoms with Crippen molar-refractivity contribution in [3.63, 3.8) is 0 Å². The topological polar surface area (TPSA) is 63.1 Å². The van der Waals surface area contributed by atoms with E-state index in [4.69, 9.17) is 11.6 Å². The summed E-state index contributed by atoms with van der Waals surface area (Å²) < 4.78 is 29.2. The van der Waals surface area contributed by atoms with Crippen LogP contribution in [-0.2, 0) is 11.3 Å². The van der Waals surface area contributed by atoms with E-state index in [2.05, 4.69) is 10.6 Å². The first-order valence-corrected chi connectivity index (χ1v) is 8.58. The molecule has 3 rings (SSSR count). The number of pyridine rings is 1. The molecule has 0 radical (unpaired) electrons. The van der Waals surface area contributed by atoms with Crippen LogP contribution in [0.5, 0.6) is 0 Å². The van der Waals surface area contributed by atoms with Crippen LogP contribution in [0.1, 0.15) is 12.0 Å². The van der Waals surface area contributed by atoms with Gasteiger partial charge in [-0.15, -0.1) is 0 Å². The zero-order valence-electron chi connectivity index (χ0n) is 13.8. The van der Waals surface area contributed by atoms with E-state index in [0.717, 1.165) is 5.56 Å². The zero-order valence-corrected chi connectivity index (χ0v) is 14.6. The van der Waals surface area contributed by atoms with Crippen molar-refractivity contribution >= 4 is 23.2 Å². The molecule has 1 unspecified atom stereocenters. The lowest BCUT2D eigenvalue weighted by Gasteiger charge is -2.30. The van der Waals surface area contributed by atoms with E-state index in [1.807, 2.05) is 0 Å². The van der Waals surface area contributed by atoms with Crippen LogP contribution in [0.4, 0.5) is 14.5 Å². The van der Waals surface area contributed by atoms with Crippen LogP contribution >= 0.6 is 11.6 Å². The fraction of sp³-hybridized carbons (Fsp3) is 0.333. The predicted molar refractivity (Wildman–Crippen MR) is 95.8 cm³/mol. The molecule has 1 fully saturated rings. The Kier molecular flexibility index (Phi) is 5.38. The molecule has 26 heavy (non-hydrogen) atoms. The third-order valence-electron chi connectivity index (χ3n) is 4.35. The predicted octanol–water partition coefficient (Wildman–Crippen LogP) is 2.73. The van der Waals surface area contributed by atoms with E-state index in [1.165, 1.54) is 22.9 Å². The van der Waals surface area contributed by atoms with Crippen LogP contribution in [0, 0.1) is 5.92 Å². The summed E-state index contributed by atoms with van der Waals surface area (Å²) in [4.78, 5) is 24.3. The molecule has 0 aliphatic carbocycles. The van der Waals surface area contributed by atoms with E-state index in [1.54, 1.807) is 24.3 Å². The lowest BCUT2D eigenvalue weighted by Crippen LogP contribution is -2.50. The SMILES string of the molecule is O=C(Nc1ccc(=O)n(Cc2ccccc2Cl)c1)C1CCNCC1(F)F. The molecule has 1 aromatic heterocycles. The summed E-state index contributed by atoms with van der Waals surface area (Å²) in [6.07, 6.45) is 1.49. The Balaban J connectivity index is 1.78. The Hall–Kier alpha value is -2.25. The summed E-state index contributed by atoms with van der Waals surface area (Å²) in [5, 5.41) is 5.60. The summed E-state index contributed by atoms with van der Waals surface area (Å²) in [5.74, 6) is -5.25. The maximum Gasteiger partial charge on any atom is 0.271 e. The van der Waals surface area contributed by atoms with Gasteiger partial charge in [0.05, 0.1) is 18.8 Å². The molecule has 0 bridgehead atoms. The Morgan fingerprint density at radius 2 is 2.08 bits per heavy atom. The molecule has 0 spiro atoms. The number of nitrogens with one attached hydrogen (secondary N) is 2. The van der Waals surface area contributed by atoms with Crippen molar-refractivity contribution in [3.8, 4) is 0 Å². The van der Waals surface area contributed by atoms with E-state index >= 15 is 0 Å². The summed E-state index contributed by atoms with van der Waals surface area (Å²) in [6, 6.07) is 9.78. The molecule has 0 saturated carbocycles. The fourth-order valence-corrected chi connectivity index (χ4v) is 3.12. The van der Waals surface area contributed by atoms with Gasteiger partial charge in [-0.05, 0) is 30.7 Å². The highest BCUT2D eigenvalue weighted by molar-refractivity contribution is 6.31. The number of rotatable bonds is 4. The summed E-state index contributed by atoms with van der Waals surface area (Å²) in [7, 11) is 0. The van der Waals surface area contributed by atoms with E-state index in [9.17, 15) is 18.4 Å². The van der Waals surface area contributed by atoms with Crippen molar-refractivity contribution in [3.05, 3.63) is 63.5 Å². The zero-order chi connectivity index (χ0) is 18.7. The van der Waals surface area contributed by atoms with Crippen molar-refractivity contribution in [1.82, 2.24) is 9.88 Å². The van der Waals surface area contributed by atoms with E-state index in [-0.39, 0.29) is 24.2 Å². The molecular weight excluding hydrogens is 364 g/mol. The third kappa shape index (κ3) is 4.11. The maximum absolute atomic E-state index is 13.9. The Labute approximate surface area is 154 Å². The Morgan fingerprint density at radius 3 is 2.81 bits per heavy atom. The van der Waals surface area contributed by atoms with Crippen molar-refractivity contribution in [1.29, 1.82) is 0 Å². The molecule has 2 aromatic rings. The molecule has 2 N–H and O–H groups in total. The summed E-state index contributed by atoms with van der Waals surface area (Å²) in [5.41, 5.74) is 0.746. The van der Waals surface area contributed by atoms with Crippen molar-refractivity contribution in [2.45, 2.75) is 18.9 Å². The average molecular weight is 382 g/mol. The molecule has 138 valence electrons. The quantitative estimate of drug-likeness (QED) is 0.856. The second kappa shape index (κ2) is 7.55. The number of halogens is 3. The first-order valence-electron chi connectivity index (χ1n) is 8.20. The van der Waals surface area contributed by atoms with E-state index < -0.39 is 24.3 Å². The van der Waals surface area contributed by atoms with Gasteiger partial charge in [0, 0.05) is 17.3 Å². The van der Waals surface area contributed by atoms with Crippen molar-refractivity contribution < 1.29 is 13.6 Å². The number of piperidine rings is 1. The number of hydrogen-bond acceptors (Lipinski definition) is 3. The van der Waals surface area contributed by atoms with Crippen LogP contribution in [0.25, 0.3) is 0 Å². The molecule has 2 heterocycles. The van der Waals surface area contributed by atoms with Crippen LogP contribution in [0.15, 0.2) is 47.4 Å². The highest BCUT2D eigenvalue weighted by atomic mass is 35.5. The van der Waals surface area contributed by atoms with Gasteiger partial charge in [-0.3, -0.25) is 9.59 Å². The number of hydrogen-bond donors (Lipinski definition) is 2. The molecule has 5 nitrogen and oxygen atoms in total. The monoisotopic (exact) mass is 381 g/mol.